The third-order valence-electron chi connectivity index (χ3n) is 2.75. The van der Waals surface area contributed by atoms with Crippen LogP contribution in [-0.2, 0) is 17.6 Å². The van der Waals surface area contributed by atoms with Gasteiger partial charge in [0.05, 0.1) is 7.11 Å². The van der Waals surface area contributed by atoms with Gasteiger partial charge >= 0.3 is 0 Å². The van der Waals surface area contributed by atoms with Crippen LogP contribution in [0.2, 0.25) is 0 Å². The Morgan fingerprint density at radius 2 is 1.74 bits per heavy atom. The number of phenols is 1. The number of ether oxygens (including phenoxy) is 1. The van der Waals surface area contributed by atoms with Gasteiger partial charge in [0.1, 0.15) is 11.5 Å². The molecule has 0 fully saturated rings. The lowest BCUT2D eigenvalue weighted by atomic mass is 10.0. The van der Waals surface area contributed by atoms with Crippen molar-refractivity contribution in [1.82, 2.24) is 4.98 Å². The molecule has 0 aliphatic carbocycles. The van der Waals surface area contributed by atoms with E-state index in [4.69, 9.17) is 4.74 Å². The van der Waals surface area contributed by atoms with Crippen LogP contribution in [-0.4, -0.2) is 23.0 Å². The molecule has 0 unspecified atom stereocenters. The number of benzene rings is 1. The predicted octanol–water partition coefficient (Wildman–Crippen LogP) is 2.15. The van der Waals surface area contributed by atoms with E-state index in [1.807, 2.05) is 6.07 Å². The molecule has 4 nitrogen and oxygen atoms in total. The van der Waals surface area contributed by atoms with Gasteiger partial charge in [-0.3, -0.25) is 4.79 Å². The Hall–Kier alpha value is -2.36. The van der Waals surface area contributed by atoms with Crippen molar-refractivity contribution in [3.8, 4) is 11.6 Å². The van der Waals surface area contributed by atoms with E-state index < -0.39 is 0 Å². The number of methoxy groups -OCH3 is 1. The smallest absolute Gasteiger partial charge is 0.212 e. The minimum absolute atomic E-state index is 0.109. The Morgan fingerprint density at radius 1 is 1.11 bits per heavy atom. The topological polar surface area (TPSA) is 59.4 Å². The molecule has 1 heterocycles. The summed E-state index contributed by atoms with van der Waals surface area (Å²) in [6.07, 6.45) is 2.34. The summed E-state index contributed by atoms with van der Waals surface area (Å²) < 4.78 is 4.96. The van der Waals surface area contributed by atoms with Crippen LogP contribution in [0.5, 0.6) is 11.6 Å². The number of pyridine rings is 1. The summed E-state index contributed by atoms with van der Waals surface area (Å²) in [5.74, 6) is 0.850. The Morgan fingerprint density at radius 3 is 2.32 bits per heavy atom. The monoisotopic (exact) mass is 257 g/mol. The zero-order valence-corrected chi connectivity index (χ0v) is 10.7. The number of hydrogen-bond donors (Lipinski definition) is 1. The van der Waals surface area contributed by atoms with E-state index in [9.17, 15) is 9.90 Å². The predicted molar refractivity (Wildman–Crippen MR) is 71.3 cm³/mol. The van der Waals surface area contributed by atoms with E-state index in [1.54, 1.807) is 43.6 Å². The summed E-state index contributed by atoms with van der Waals surface area (Å²) >= 11 is 0. The average molecular weight is 257 g/mol. The minimum Gasteiger partial charge on any atom is -0.508 e. The molecule has 98 valence electrons. The highest BCUT2D eigenvalue weighted by molar-refractivity contribution is 5.83. The zero-order chi connectivity index (χ0) is 13.7. The standard InChI is InChI=1S/C15H15NO3/c1-19-15-7-4-12(10-16-15)9-14(18)8-11-2-5-13(17)6-3-11/h2-7,10,17H,8-9H2,1H3. The van der Waals surface area contributed by atoms with E-state index >= 15 is 0 Å². The lowest BCUT2D eigenvalue weighted by Gasteiger charge is -2.03. The molecule has 4 heteroatoms. The number of nitrogens with zero attached hydrogens (tertiary/aromatic N) is 1. The second-order valence-electron chi connectivity index (χ2n) is 4.27. The van der Waals surface area contributed by atoms with Crippen LogP contribution in [0.15, 0.2) is 42.6 Å². The molecule has 0 atom stereocenters. The number of hydrogen-bond acceptors (Lipinski definition) is 4. The van der Waals surface area contributed by atoms with E-state index in [0.29, 0.717) is 18.7 Å². The van der Waals surface area contributed by atoms with Gasteiger partial charge in [0, 0.05) is 25.1 Å². The van der Waals surface area contributed by atoms with Gasteiger partial charge in [0.25, 0.3) is 0 Å². The van der Waals surface area contributed by atoms with Crippen molar-refractivity contribution in [2.75, 3.05) is 7.11 Å². The van der Waals surface area contributed by atoms with Crippen molar-refractivity contribution in [2.24, 2.45) is 0 Å². The highest BCUT2D eigenvalue weighted by Gasteiger charge is 2.06. The Bertz CT molecular complexity index is 547. The van der Waals surface area contributed by atoms with Gasteiger partial charge in [0.2, 0.25) is 5.88 Å². The van der Waals surface area contributed by atoms with E-state index in [1.165, 1.54) is 0 Å². The number of phenolic OH excluding ortho intramolecular Hbond substituents is 1. The van der Waals surface area contributed by atoms with Crippen LogP contribution in [0, 0.1) is 0 Å². The summed E-state index contributed by atoms with van der Waals surface area (Å²) in [7, 11) is 1.55. The van der Waals surface area contributed by atoms with E-state index in [0.717, 1.165) is 11.1 Å². The van der Waals surface area contributed by atoms with Crippen LogP contribution < -0.4 is 4.74 Å². The van der Waals surface area contributed by atoms with Gasteiger partial charge in [-0.15, -0.1) is 0 Å². The van der Waals surface area contributed by atoms with Crippen LogP contribution >= 0.6 is 0 Å². The van der Waals surface area contributed by atoms with Crippen molar-refractivity contribution in [1.29, 1.82) is 0 Å². The fraction of sp³-hybridized carbons (Fsp3) is 0.200. The summed E-state index contributed by atoms with van der Waals surface area (Å²) in [4.78, 5) is 16.0. The SMILES string of the molecule is COc1ccc(CC(=O)Cc2ccc(O)cc2)cn1. The van der Waals surface area contributed by atoms with Crippen molar-refractivity contribution < 1.29 is 14.6 Å². The van der Waals surface area contributed by atoms with Crippen molar-refractivity contribution in [3.63, 3.8) is 0 Å². The Balaban J connectivity index is 1.95. The van der Waals surface area contributed by atoms with Crippen molar-refractivity contribution in [2.45, 2.75) is 12.8 Å². The lowest BCUT2D eigenvalue weighted by Crippen LogP contribution is -2.06. The van der Waals surface area contributed by atoms with Gasteiger partial charge in [-0.2, -0.15) is 0 Å². The maximum absolute atomic E-state index is 11.9. The van der Waals surface area contributed by atoms with Gasteiger partial charge in [-0.1, -0.05) is 18.2 Å². The number of rotatable bonds is 5. The molecule has 19 heavy (non-hydrogen) atoms. The molecule has 0 aliphatic heterocycles. The highest BCUT2D eigenvalue weighted by Crippen LogP contribution is 2.12. The molecule has 0 radical (unpaired) electrons. The maximum atomic E-state index is 11.9. The quantitative estimate of drug-likeness (QED) is 0.891. The molecule has 1 aromatic carbocycles. The second kappa shape index (κ2) is 6.00. The van der Waals surface area contributed by atoms with Gasteiger partial charge in [0.15, 0.2) is 0 Å². The summed E-state index contributed by atoms with van der Waals surface area (Å²) in [5.41, 5.74) is 1.76. The third kappa shape index (κ3) is 3.81. The summed E-state index contributed by atoms with van der Waals surface area (Å²) in [6.45, 7) is 0. The number of carbonyl (C=O) groups is 1. The average Bonchev–Trinajstić information content (AvgIpc) is 2.42. The first-order valence-corrected chi connectivity index (χ1v) is 5.96. The highest BCUT2D eigenvalue weighted by atomic mass is 16.5. The normalized spacial score (nSPS) is 10.2. The number of aromatic nitrogens is 1. The molecule has 1 N–H and O–H groups in total. The largest absolute Gasteiger partial charge is 0.508 e. The van der Waals surface area contributed by atoms with Gasteiger partial charge < -0.3 is 9.84 Å². The molecule has 0 bridgehead atoms. The van der Waals surface area contributed by atoms with E-state index in [2.05, 4.69) is 4.98 Å². The van der Waals surface area contributed by atoms with Crippen LogP contribution in [0.25, 0.3) is 0 Å². The van der Waals surface area contributed by atoms with Crippen LogP contribution in [0.4, 0.5) is 0 Å². The maximum Gasteiger partial charge on any atom is 0.212 e. The summed E-state index contributed by atoms with van der Waals surface area (Å²) in [5, 5.41) is 9.17. The number of aromatic hydroxyl groups is 1. The van der Waals surface area contributed by atoms with Gasteiger partial charge in [-0.05, 0) is 23.3 Å². The fourth-order valence-electron chi connectivity index (χ4n) is 1.77. The molecular weight excluding hydrogens is 242 g/mol. The van der Waals surface area contributed by atoms with Crippen LogP contribution in [0.3, 0.4) is 0 Å². The molecule has 0 amide bonds. The Kier molecular flexibility index (Phi) is 4.13. The first-order valence-electron chi connectivity index (χ1n) is 5.96. The number of ketones is 1. The number of Topliss-reactive ketones (excluding diaryl/α,β-unsaturated/α-hetero) is 1. The molecule has 0 saturated heterocycles. The van der Waals surface area contributed by atoms with E-state index in [-0.39, 0.29) is 11.5 Å². The van der Waals surface area contributed by atoms with Crippen molar-refractivity contribution in [3.05, 3.63) is 53.7 Å². The molecule has 0 spiro atoms. The second-order valence-corrected chi connectivity index (χ2v) is 4.27. The Labute approximate surface area is 111 Å². The first kappa shape index (κ1) is 13.1. The van der Waals surface area contributed by atoms with Crippen LogP contribution in [0.1, 0.15) is 11.1 Å². The molecular formula is C15H15NO3. The molecule has 0 saturated carbocycles. The molecule has 1 aromatic heterocycles. The third-order valence-corrected chi connectivity index (χ3v) is 2.75. The van der Waals surface area contributed by atoms with Gasteiger partial charge in [-0.25, -0.2) is 4.98 Å². The summed E-state index contributed by atoms with van der Waals surface area (Å²) in [6, 6.07) is 10.2. The molecule has 2 aromatic rings. The zero-order valence-electron chi connectivity index (χ0n) is 10.7. The lowest BCUT2D eigenvalue weighted by molar-refractivity contribution is -0.117. The molecule has 2 rings (SSSR count). The molecule has 0 aliphatic rings. The van der Waals surface area contributed by atoms with Crippen molar-refractivity contribution >= 4 is 5.78 Å². The minimum atomic E-state index is 0.109. The fourth-order valence-corrected chi connectivity index (χ4v) is 1.77. The number of carbonyl (C=O) groups excluding carboxylic acids is 1. The first-order chi connectivity index (χ1) is 9.17.